The summed E-state index contributed by atoms with van der Waals surface area (Å²) in [4.78, 5) is 11.9. The number of piperidine rings is 1. The lowest BCUT2D eigenvalue weighted by Crippen LogP contribution is -2.52. The lowest BCUT2D eigenvalue weighted by molar-refractivity contribution is -0.121. The maximum atomic E-state index is 13.4. The van der Waals surface area contributed by atoms with Gasteiger partial charge in [-0.15, -0.1) is 0 Å². The first-order chi connectivity index (χ1) is 8.66. The molecule has 0 aliphatic carbocycles. The zero-order chi connectivity index (χ0) is 13.0. The SMILES string of the molecule is C[C@@H]1NCCC[C@H]1NC(=O)Cc1ccccc1F. The molecule has 0 unspecified atom stereocenters. The number of carbonyl (C=O) groups is 1. The summed E-state index contributed by atoms with van der Waals surface area (Å²) >= 11 is 0. The number of benzene rings is 1. The van der Waals surface area contributed by atoms with Crippen LogP contribution in [-0.4, -0.2) is 24.5 Å². The molecule has 98 valence electrons. The molecular weight excluding hydrogens is 231 g/mol. The lowest BCUT2D eigenvalue weighted by Gasteiger charge is -2.30. The molecule has 1 aromatic carbocycles. The summed E-state index contributed by atoms with van der Waals surface area (Å²) < 4.78 is 13.4. The van der Waals surface area contributed by atoms with Gasteiger partial charge in [-0.2, -0.15) is 0 Å². The molecule has 2 N–H and O–H groups in total. The Morgan fingerprint density at radius 2 is 2.28 bits per heavy atom. The van der Waals surface area contributed by atoms with Crippen molar-refractivity contribution in [2.24, 2.45) is 0 Å². The summed E-state index contributed by atoms with van der Waals surface area (Å²) in [7, 11) is 0. The van der Waals surface area contributed by atoms with E-state index in [9.17, 15) is 9.18 Å². The van der Waals surface area contributed by atoms with E-state index in [1.54, 1.807) is 18.2 Å². The predicted octanol–water partition coefficient (Wildman–Crippen LogP) is 1.62. The minimum atomic E-state index is -0.317. The van der Waals surface area contributed by atoms with E-state index in [1.807, 2.05) is 0 Å². The van der Waals surface area contributed by atoms with Gasteiger partial charge in [0.1, 0.15) is 5.82 Å². The molecule has 1 saturated heterocycles. The van der Waals surface area contributed by atoms with Crippen LogP contribution in [0.1, 0.15) is 25.3 Å². The van der Waals surface area contributed by atoms with E-state index in [2.05, 4.69) is 17.6 Å². The van der Waals surface area contributed by atoms with Gasteiger partial charge in [0, 0.05) is 12.1 Å². The van der Waals surface area contributed by atoms with Crippen molar-refractivity contribution in [1.82, 2.24) is 10.6 Å². The third-order valence-electron chi connectivity index (χ3n) is 3.42. The van der Waals surface area contributed by atoms with Crippen molar-refractivity contribution in [1.29, 1.82) is 0 Å². The van der Waals surface area contributed by atoms with Crippen molar-refractivity contribution < 1.29 is 9.18 Å². The normalized spacial score (nSPS) is 23.7. The summed E-state index contributed by atoms with van der Waals surface area (Å²) in [5.74, 6) is -0.428. The summed E-state index contributed by atoms with van der Waals surface area (Å²) in [6.45, 7) is 3.06. The second-order valence-electron chi connectivity index (χ2n) is 4.83. The number of rotatable bonds is 3. The van der Waals surface area contributed by atoms with E-state index in [0.29, 0.717) is 5.56 Å². The number of amides is 1. The fourth-order valence-electron chi connectivity index (χ4n) is 2.31. The maximum Gasteiger partial charge on any atom is 0.224 e. The van der Waals surface area contributed by atoms with Crippen LogP contribution in [0.5, 0.6) is 0 Å². The number of hydrogen-bond acceptors (Lipinski definition) is 2. The van der Waals surface area contributed by atoms with Crippen molar-refractivity contribution >= 4 is 5.91 Å². The summed E-state index contributed by atoms with van der Waals surface area (Å²) in [5.41, 5.74) is 0.450. The van der Waals surface area contributed by atoms with Crippen molar-refractivity contribution in [3.8, 4) is 0 Å². The zero-order valence-electron chi connectivity index (χ0n) is 10.6. The standard InChI is InChI=1S/C14H19FN2O/c1-10-13(7-4-8-16-10)17-14(18)9-11-5-2-3-6-12(11)15/h2-3,5-6,10,13,16H,4,7-9H2,1H3,(H,17,18)/t10-,13+/m0/s1. The van der Waals surface area contributed by atoms with Crippen LogP contribution in [0.25, 0.3) is 0 Å². The van der Waals surface area contributed by atoms with Gasteiger partial charge < -0.3 is 10.6 Å². The Bertz CT molecular complexity index is 422. The molecule has 1 heterocycles. The Kier molecular flexibility index (Phi) is 4.31. The minimum Gasteiger partial charge on any atom is -0.352 e. The van der Waals surface area contributed by atoms with Crippen LogP contribution in [0.4, 0.5) is 4.39 Å². The van der Waals surface area contributed by atoms with E-state index < -0.39 is 0 Å². The third kappa shape index (κ3) is 3.29. The van der Waals surface area contributed by atoms with Crippen LogP contribution in [0.2, 0.25) is 0 Å². The molecular formula is C14H19FN2O. The van der Waals surface area contributed by atoms with E-state index in [0.717, 1.165) is 19.4 Å². The molecule has 0 saturated carbocycles. The first-order valence-corrected chi connectivity index (χ1v) is 6.43. The molecule has 0 aromatic heterocycles. The molecule has 3 nitrogen and oxygen atoms in total. The Morgan fingerprint density at radius 3 is 3.00 bits per heavy atom. The van der Waals surface area contributed by atoms with Gasteiger partial charge in [-0.25, -0.2) is 4.39 Å². The number of hydrogen-bond donors (Lipinski definition) is 2. The molecule has 18 heavy (non-hydrogen) atoms. The van der Waals surface area contributed by atoms with Crippen LogP contribution in [0, 0.1) is 5.82 Å². The van der Waals surface area contributed by atoms with Gasteiger partial charge in [-0.1, -0.05) is 18.2 Å². The van der Waals surface area contributed by atoms with Crippen molar-refractivity contribution in [3.05, 3.63) is 35.6 Å². The van der Waals surface area contributed by atoms with Gasteiger partial charge >= 0.3 is 0 Å². The van der Waals surface area contributed by atoms with Crippen molar-refractivity contribution in [3.63, 3.8) is 0 Å². The van der Waals surface area contributed by atoms with E-state index in [-0.39, 0.29) is 30.2 Å². The van der Waals surface area contributed by atoms with Gasteiger partial charge in [0.05, 0.1) is 6.42 Å². The van der Waals surface area contributed by atoms with Crippen LogP contribution in [0.3, 0.4) is 0 Å². The van der Waals surface area contributed by atoms with Gasteiger partial charge in [-0.05, 0) is 37.9 Å². The monoisotopic (exact) mass is 250 g/mol. The number of nitrogens with one attached hydrogen (secondary N) is 2. The summed E-state index contributed by atoms with van der Waals surface area (Å²) in [5, 5.41) is 6.30. The van der Waals surface area contributed by atoms with Crippen molar-refractivity contribution in [2.75, 3.05) is 6.54 Å². The molecule has 0 radical (unpaired) electrons. The number of carbonyl (C=O) groups excluding carboxylic acids is 1. The molecule has 2 rings (SSSR count). The highest BCUT2D eigenvalue weighted by molar-refractivity contribution is 5.79. The van der Waals surface area contributed by atoms with E-state index in [4.69, 9.17) is 0 Å². The van der Waals surface area contributed by atoms with Crippen LogP contribution in [-0.2, 0) is 11.2 Å². The fourth-order valence-corrected chi connectivity index (χ4v) is 2.31. The highest BCUT2D eigenvalue weighted by atomic mass is 19.1. The lowest BCUT2D eigenvalue weighted by atomic mass is 9.99. The second kappa shape index (κ2) is 5.96. The Balaban J connectivity index is 1.90. The van der Waals surface area contributed by atoms with Gasteiger partial charge in [0.25, 0.3) is 0 Å². The summed E-state index contributed by atoms with van der Waals surface area (Å²) in [6, 6.07) is 6.84. The molecule has 0 spiro atoms. The molecule has 0 bridgehead atoms. The predicted molar refractivity (Wildman–Crippen MR) is 68.7 cm³/mol. The Labute approximate surface area is 107 Å². The fraction of sp³-hybridized carbons (Fsp3) is 0.500. The Morgan fingerprint density at radius 1 is 1.50 bits per heavy atom. The molecule has 1 aromatic rings. The molecule has 1 fully saturated rings. The smallest absolute Gasteiger partial charge is 0.224 e. The highest BCUT2D eigenvalue weighted by Crippen LogP contribution is 2.10. The third-order valence-corrected chi connectivity index (χ3v) is 3.42. The first kappa shape index (κ1) is 13.0. The molecule has 1 aliphatic rings. The van der Waals surface area contributed by atoms with Gasteiger partial charge in [-0.3, -0.25) is 4.79 Å². The van der Waals surface area contributed by atoms with E-state index in [1.165, 1.54) is 6.07 Å². The van der Waals surface area contributed by atoms with Crippen LogP contribution >= 0.6 is 0 Å². The van der Waals surface area contributed by atoms with Gasteiger partial charge in [0.2, 0.25) is 5.91 Å². The topological polar surface area (TPSA) is 41.1 Å². The largest absolute Gasteiger partial charge is 0.352 e. The van der Waals surface area contributed by atoms with E-state index >= 15 is 0 Å². The molecule has 4 heteroatoms. The molecule has 2 atom stereocenters. The second-order valence-corrected chi connectivity index (χ2v) is 4.83. The van der Waals surface area contributed by atoms with Crippen LogP contribution < -0.4 is 10.6 Å². The Hall–Kier alpha value is -1.42. The minimum absolute atomic E-state index is 0.107. The quantitative estimate of drug-likeness (QED) is 0.856. The zero-order valence-corrected chi connectivity index (χ0v) is 10.6. The van der Waals surface area contributed by atoms with Crippen molar-refractivity contribution in [2.45, 2.75) is 38.3 Å². The highest BCUT2D eigenvalue weighted by Gasteiger charge is 2.22. The molecule has 1 amide bonds. The van der Waals surface area contributed by atoms with Gasteiger partial charge in [0.15, 0.2) is 0 Å². The maximum absolute atomic E-state index is 13.4. The van der Waals surface area contributed by atoms with Crippen LogP contribution in [0.15, 0.2) is 24.3 Å². The average Bonchev–Trinajstić information content (AvgIpc) is 2.35. The molecule has 1 aliphatic heterocycles. The average molecular weight is 250 g/mol. The summed E-state index contributed by atoms with van der Waals surface area (Å²) in [6.07, 6.45) is 2.15. The first-order valence-electron chi connectivity index (χ1n) is 6.43. The number of halogens is 1.